The monoisotopic (exact) mass is 297 g/mol. The van der Waals surface area contributed by atoms with Crippen LogP contribution in [0.25, 0.3) is 0 Å². The molecule has 1 aliphatic heterocycles. The Labute approximate surface area is 129 Å². The quantitative estimate of drug-likeness (QED) is 0.879. The van der Waals surface area contributed by atoms with Crippen LogP contribution in [0.4, 0.5) is 5.69 Å². The van der Waals surface area contributed by atoms with E-state index in [4.69, 9.17) is 17.3 Å². The summed E-state index contributed by atoms with van der Waals surface area (Å²) in [5.74, 6) is 0.566. The summed E-state index contributed by atoms with van der Waals surface area (Å²) in [7, 11) is 0. The highest BCUT2D eigenvalue weighted by atomic mass is 35.5. The second-order valence-corrected chi connectivity index (χ2v) is 6.22. The van der Waals surface area contributed by atoms with E-state index in [-0.39, 0.29) is 5.54 Å². The zero-order chi connectivity index (χ0) is 14.4. The molecular formula is C17H16ClN3. The van der Waals surface area contributed by atoms with Gasteiger partial charge in [0.05, 0.1) is 22.8 Å². The normalized spacial score (nSPS) is 18.9. The van der Waals surface area contributed by atoms with Crippen LogP contribution in [0.2, 0.25) is 5.02 Å². The van der Waals surface area contributed by atoms with Crippen LogP contribution in [0.5, 0.6) is 0 Å². The van der Waals surface area contributed by atoms with Crippen LogP contribution in [-0.2, 0) is 12.8 Å². The van der Waals surface area contributed by atoms with Crippen LogP contribution in [-0.4, -0.2) is 18.0 Å². The lowest BCUT2D eigenvalue weighted by atomic mass is 9.94. The number of fused-ring (bicyclic) bond motifs is 1. The lowest BCUT2D eigenvalue weighted by Gasteiger charge is -2.36. The van der Waals surface area contributed by atoms with Crippen LogP contribution in [0, 0.1) is 0 Å². The molecule has 2 aromatic carbocycles. The molecule has 1 aliphatic carbocycles. The standard InChI is InChI=1S/C17H16ClN3/c18-14-7-3-4-8-15(14)21-16(19)20-11-17(21)9-12-5-1-2-6-13(12)10-17/h1-8H,9-11H2,(H2,19,20). The van der Waals surface area contributed by atoms with Gasteiger partial charge in [0.1, 0.15) is 0 Å². The summed E-state index contributed by atoms with van der Waals surface area (Å²) in [4.78, 5) is 6.65. The van der Waals surface area contributed by atoms with Crippen LogP contribution >= 0.6 is 11.6 Å². The Morgan fingerprint density at radius 2 is 1.62 bits per heavy atom. The first kappa shape index (κ1) is 12.7. The second kappa shape index (κ2) is 4.50. The van der Waals surface area contributed by atoms with Gasteiger partial charge in [-0.15, -0.1) is 0 Å². The minimum absolute atomic E-state index is 0.0984. The highest BCUT2D eigenvalue weighted by Gasteiger charge is 2.47. The fraction of sp³-hybridized carbons (Fsp3) is 0.235. The molecule has 0 aromatic heterocycles. The first-order valence-corrected chi connectivity index (χ1v) is 7.49. The number of nitrogens with two attached hydrogens (primary N) is 1. The third-order valence-electron chi connectivity index (χ3n) is 4.49. The number of guanidine groups is 1. The van der Waals surface area contributed by atoms with Crippen molar-refractivity contribution in [1.29, 1.82) is 0 Å². The van der Waals surface area contributed by atoms with E-state index in [1.807, 2.05) is 24.3 Å². The second-order valence-electron chi connectivity index (χ2n) is 5.81. The molecule has 106 valence electrons. The van der Waals surface area contributed by atoms with Gasteiger partial charge in [-0.05, 0) is 36.1 Å². The Bertz CT molecular complexity index is 713. The largest absolute Gasteiger partial charge is 0.369 e. The SMILES string of the molecule is NC1=NCC2(Cc3ccccc3C2)N1c1ccccc1Cl. The maximum atomic E-state index is 6.39. The summed E-state index contributed by atoms with van der Waals surface area (Å²) in [5, 5.41) is 0.716. The van der Waals surface area contributed by atoms with Crippen molar-refractivity contribution in [2.24, 2.45) is 10.7 Å². The van der Waals surface area contributed by atoms with Crippen molar-refractivity contribution in [3.8, 4) is 0 Å². The minimum Gasteiger partial charge on any atom is -0.369 e. The molecule has 0 saturated heterocycles. The van der Waals surface area contributed by atoms with Crippen molar-refractivity contribution in [1.82, 2.24) is 0 Å². The van der Waals surface area contributed by atoms with E-state index >= 15 is 0 Å². The maximum Gasteiger partial charge on any atom is 0.196 e. The van der Waals surface area contributed by atoms with Gasteiger partial charge < -0.3 is 10.6 Å². The Hall–Kier alpha value is -2.00. The molecule has 0 amide bonds. The van der Waals surface area contributed by atoms with Gasteiger partial charge in [-0.25, -0.2) is 0 Å². The van der Waals surface area contributed by atoms with Gasteiger partial charge in [0.15, 0.2) is 5.96 Å². The Kier molecular flexibility index (Phi) is 2.73. The molecule has 2 N–H and O–H groups in total. The summed E-state index contributed by atoms with van der Waals surface area (Å²) in [5.41, 5.74) is 9.81. The number of nitrogens with zero attached hydrogens (tertiary/aromatic N) is 2. The highest BCUT2D eigenvalue weighted by molar-refractivity contribution is 6.34. The summed E-state index contributed by atoms with van der Waals surface area (Å²) in [6.07, 6.45) is 1.91. The molecule has 4 heteroatoms. The van der Waals surface area contributed by atoms with E-state index in [1.165, 1.54) is 11.1 Å². The summed E-state index contributed by atoms with van der Waals surface area (Å²) >= 11 is 6.39. The van der Waals surface area contributed by atoms with Gasteiger partial charge in [-0.3, -0.25) is 4.99 Å². The number of benzene rings is 2. The lowest BCUT2D eigenvalue weighted by molar-refractivity contribution is 0.483. The Balaban J connectivity index is 1.80. The lowest BCUT2D eigenvalue weighted by Crippen LogP contribution is -2.53. The van der Waals surface area contributed by atoms with Crippen molar-refractivity contribution in [3.05, 3.63) is 64.7 Å². The molecule has 3 nitrogen and oxygen atoms in total. The average molecular weight is 298 g/mol. The number of hydrogen-bond donors (Lipinski definition) is 1. The van der Waals surface area contributed by atoms with E-state index in [0.29, 0.717) is 11.0 Å². The van der Waals surface area contributed by atoms with Crippen LogP contribution in [0.15, 0.2) is 53.5 Å². The molecular weight excluding hydrogens is 282 g/mol. The first-order chi connectivity index (χ1) is 10.2. The van der Waals surface area contributed by atoms with Crippen molar-refractivity contribution in [3.63, 3.8) is 0 Å². The maximum absolute atomic E-state index is 6.39. The molecule has 0 atom stereocenters. The van der Waals surface area contributed by atoms with Gasteiger partial charge in [-0.1, -0.05) is 48.0 Å². The van der Waals surface area contributed by atoms with E-state index < -0.39 is 0 Å². The number of halogens is 1. The molecule has 1 spiro atoms. The molecule has 0 fully saturated rings. The molecule has 0 unspecified atom stereocenters. The van der Waals surface area contributed by atoms with Crippen molar-refractivity contribution < 1.29 is 0 Å². The van der Waals surface area contributed by atoms with E-state index in [9.17, 15) is 0 Å². The smallest absolute Gasteiger partial charge is 0.196 e. The highest BCUT2D eigenvalue weighted by Crippen LogP contribution is 2.42. The molecule has 0 radical (unpaired) electrons. The molecule has 21 heavy (non-hydrogen) atoms. The van der Waals surface area contributed by atoms with Crippen LogP contribution in [0.3, 0.4) is 0 Å². The number of aliphatic imine (C=N–C) groups is 1. The van der Waals surface area contributed by atoms with Gasteiger partial charge in [0.25, 0.3) is 0 Å². The van der Waals surface area contributed by atoms with Crippen molar-refractivity contribution in [2.75, 3.05) is 11.4 Å². The summed E-state index contributed by atoms with van der Waals surface area (Å²) in [6.45, 7) is 0.721. The van der Waals surface area contributed by atoms with E-state index in [1.54, 1.807) is 0 Å². The number of para-hydroxylation sites is 1. The van der Waals surface area contributed by atoms with Gasteiger partial charge in [0.2, 0.25) is 0 Å². The number of rotatable bonds is 1. The summed E-state index contributed by atoms with van der Waals surface area (Å²) in [6, 6.07) is 16.4. The molecule has 4 rings (SSSR count). The predicted octanol–water partition coefficient (Wildman–Crippen LogP) is 3.01. The minimum atomic E-state index is -0.0984. The molecule has 0 bridgehead atoms. The fourth-order valence-electron chi connectivity index (χ4n) is 3.57. The van der Waals surface area contributed by atoms with Crippen LogP contribution < -0.4 is 10.6 Å². The average Bonchev–Trinajstić information content (AvgIpc) is 3.00. The molecule has 2 aliphatic rings. The first-order valence-electron chi connectivity index (χ1n) is 7.11. The van der Waals surface area contributed by atoms with Crippen molar-refractivity contribution >= 4 is 23.2 Å². The molecule has 1 heterocycles. The van der Waals surface area contributed by atoms with Crippen LogP contribution in [0.1, 0.15) is 11.1 Å². The van der Waals surface area contributed by atoms with Crippen molar-refractivity contribution in [2.45, 2.75) is 18.4 Å². The van der Waals surface area contributed by atoms with E-state index in [2.05, 4.69) is 34.2 Å². The number of hydrogen-bond acceptors (Lipinski definition) is 3. The Morgan fingerprint density at radius 3 is 2.29 bits per heavy atom. The fourth-order valence-corrected chi connectivity index (χ4v) is 3.79. The molecule has 0 saturated carbocycles. The zero-order valence-corrected chi connectivity index (χ0v) is 12.3. The third kappa shape index (κ3) is 1.84. The predicted molar refractivity (Wildman–Crippen MR) is 87.0 cm³/mol. The Morgan fingerprint density at radius 1 is 1.00 bits per heavy atom. The van der Waals surface area contributed by atoms with E-state index in [0.717, 1.165) is 25.1 Å². The van der Waals surface area contributed by atoms with Gasteiger partial charge in [-0.2, -0.15) is 0 Å². The topological polar surface area (TPSA) is 41.6 Å². The van der Waals surface area contributed by atoms with Gasteiger partial charge >= 0.3 is 0 Å². The van der Waals surface area contributed by atoms with Gasteiger partial charge in [0, 0.05) is 0 Å². The molecule has 2 aromatic rings. The zero-order valence-electron chi connectivity index (χ0n) is 11.6. The summed E-state index contributed by atoms with van der Waals surface area (Å²) < 4.78 is 0. The third-order valence-corrected chi connectivity index (χ3v) is 4.81. The number of anilines is 1.